The molecule has 0 radical (unpaired) electrons. The number of nitrogens with zero attached hydrogens (tertiary/aromatic N) is 3. The summed E-state index contributed by atoms with van der Waals surface area (Å²) in [5.41, 5.74) is -0.364. The number of ketones is 1. The summed E-state index contributed by atoms with van der Waals surface area (Å²) in [6.07, 6.45) is 9.19. The van der Waals surface area contributed by atoms with Gasteiger partial charge in [-0.05, 0) is 100 Å². The highest BCUT2D eigenvalue weighted by molar-refractivity contribution is 6.03. The zero-order valence-electron chi connectivity index (χ0n) is 42.3. The predicted octanol–water partition coefficient (Wildman–Crippen LogP) is 3.66. The molecule has 0 unspecified atom stereocenters. The first-order valence-corrected chi connectivity index (χ1v) is 24.5. The van der Waals surface area contributed by atoms with Crippen molar-refractivity contribution in [3.05, 3.63) is 71.1 Å². The van der Waals surface area contributed by atoms with Crippen LogP contribution in [0.5, 0.6) is 5.75 Å². The molecule has 3 fully saturated rings. The normalized spacial score (nSPS) is 20.1. The summed E-state index contributed by atoms with van der Waals surface area (Å²) in [5, 5.41) is 21.0. The van der Waals surface area contributed by atoms with E-state index in [4.69, 9.17) is 4.74 Å². The Morgan fingerprint density at radius 1 is 0.944 bits per heavy atom. The number of Topliss-reactive ketones (excluding diaryl/α,β-unsaturated/α-hetero) is 1. The maximum Gasteiger partial charge on any atom is 0.337 e. The van der Waals surface area contributed by atoms with Crippen molar-refractivity contribution < 1.29 is 57.7 Å². The topological polar surface area (TPSA) is 260 Å². The average Bonchev–Trinajstić information content (AvgIpc) is 3.93. The summed E-state index contributed by atoms with van der Waals surface area (Å²) in [5.74, 6) is -5.58. The van der Waals surface area contributed by atoms with Crippen LogP contribution in [0.25, 0.3) is 0 Å². The minimum Gasteiger partial charge on any atom is -0.491 e. The largest absolute Gasteiger partial charge is 0.491 e. The lowest BCUT2D eigenvalue weighted by atomic mass is 9.82. The number of nitrogens with one attached hydrogen (secondary N) is 4. The van der Waals surface area contributed by atoms with Crippen molar-refractivity contribution >= 4 is 53.2 Å². The summed E-state index contributed by atoms with van der Waals surface area (Å²) >= 11 is 0. The number of aromatic carboxylic acids is 1. The molecule has 19 nitrogen and oxygen atoms in total. The average molecular weight is 986 g/mol. The van der Waals surface area contributed by atoms with Gasteiger partial charge in [0.25, 0.3) is 0 Å². The number of benzene rings is 1. The number of pyridine rings is 1. The van der Waals surface area contributed by atoms with E-state index >= 15 is 0 Å². The van der Waals surface area contributed by atoms with Crippen LogP contribution in [-0.2, 0) is 49.5 Å². The van der Waals surface area contributed by atoms with Crippen LogP contribution >= 0.6 is 0 Å². The fourth-order valence-corrected chi connectivity index (χ4v) is 9.66. The van der Waals surface area contributed by atoms with Crippen molar-refractivity contribution in [2.24, 2.45) is 11.3 Å². The first-order chi connectivity index (χ1) is 33.5. The lowest BCUT2D eigenvalue weighted by Gasteiger charge is -2.40. The van der Waals surface area contributed by atoms with Gasteiger partial charge in [0.2, 0.25) is 35.4 Å². The van der Waals surface area contributed by atoms with Crippen molar-refractivity contribution in [3.8, 4) is 5.75 Å². The Hall–Kier alpha value is -6.66. The Morgan fingerprint density at radius 3 is 2.28 bits per heavy atom. The van der Waals surface area contributed by atoms with Gasteiger partial charge in [-0.3, -0.25) is 38.5 Å². The number of para-hydroxylation sites is 1. The molecule has 71 heavy (non-hydrogen) atoms. The third-order valence-corrected chi connectivity index (χ3v) is 13.7. The Morgan fingerprint density at radius 2 is 1.63 bits per heavy atom. The number of likely N-dealkylation sites (tertiary alicyclic amines) is 2. The molecule has 2 saturated heterocycles. The van der Waals surface area contributed by atoms with Gasteiger partial charge in [0, 0.05) is 31.4 Å². The number of allylic oxidation sites excluding steroid dienone is 1. The summed E-state index contributed by atoms with van der Waals surface area (Å²) in [6, 6.07) is 1.80. The lowest BCUT2D eigenvalue weighted by molar-refractivity contribution is -0.149. The molecule has 19 heteroatoms. The zero-order valence-corrected chi connectivity index (χ0v) is 42.3. The number of hydrogen-bond acceptors (Lipinski definition) is 12. The van der Waals surface area contributed by atoms with Gasteiger partial charge in [-0.15, -0.1) is 0 Å². The van der Waals surface area contributed by atoms with Gasteiger partial charge in [0.05, 0.1) is 31.7 Å². The van der Waals surface area contributed by atoms with E-state index in [1.54, 1.807) is 32.6 Å². The van der Waals surface area contributed by atoms with Crippen molar-refractivity contribution in [1.29, 1.82) is 0 Å². The molecule has 5 rings (SSSR count). The number of aromatic nitrogens is 1. The molecule has 3 aliphatic rings. The fourth-order valence-electron chi connectivity index (χ4n) is 9.66. The minimum absolute atomic E-state index is 0.0546. The second-order valence-corrected chi connectivity index (χ2v) is 20.3. The van der Waals surface area contributed by atoms with Crippen LogP contribution in [-0.4, -0.2) is 136 Å². The SMILES string of the molecule is COC(=O)/C=C/CC[C@H](NC(=O)Cc1ccncc1C(=O)O)C(=O)N[C@H](C(=O)N1CC(=O)C[C@H]1C(=O)N[C@H](C(=O)N1CCC[C@@]1(C)C(=O)N[C@H](C)COc1c(C)cccc1C)C1CCCCC1)C(C)(C)C. The van der Waals surface area contributed by atoms with Crippen molar-refractivity contribution in [3.63, 3.8) is 0 Å². The van der Waals surface area contributed by atoms with E-state index < -0.39 is 101 Å². The predicted molar refractivity (Wildman–Crippen MR) is 261 cm³/mol. The standard InChI is InChI=1S/C52H71N7O12/c1-31-16-14-17-32(2)43(31)71-30-33(3)54-50(69)52(7)23-15-25-59(52)47(65)42(34-18-10-9-11-19-34)56-46(64)39-27-36(60)29-58(39)48(66)44(51(4,5)6)57-45(63)38(20-12-13-21-41(62)70-8)55-40(61)26-35-22-24-53-28-37(35)49(67)68/h13-14,16-17,21-22,24,28,33-34,38-39,42,44H,9-12,15,18-20,23,25-27,29-30H2,1-8H3,(H,54,69)(H,55,61)(H,56,64)(H,57,63)(H,67,68)/b21-13+/t33-,38+,39+,42+,44-,52+/m1/s1. The van der Waals surface area contributed by atoms with Gasteiger partial charge in [-0.25, -0.2) is 9.59 Å². The summed E-state index contributed by atoms with van der Waals surface area (Å²) in [6.45, 7) is 12.6. The van der Waals surface area contributed by atoms with Gasteiger partial charge in [-0.1, -0.05) is 64.3 Å². The highest BCUT2D eigenvalue weighted by Gasteiger charge is 2.51. The van der Waals surface area contributed by atoms with Crippen LogP contribution in [0.15, 0.2) is 48.8 Å². The smallest absolute Gasteiger partial charge is 0.337 e. The molecule has 5 N–H and O–H groups in total. The number of ether oxygens (including phenoxy) is 2. The number of carboxylic acid groups (broad SMARTS) is 1. The molecule has 0 spiro atoms. The van der Waals surface area contributed by atoms with E-state index in [2.05, 4.69) is 31.0 Å². The van der Waals surface area contributed by atoms with Crippen LogP contribution in [0.2, 0.25) is 0 Å². The molecule has 386 valence electrons. The van der Waals surface area contributed by atoms with Crippen LogP contribution < -0.4 is 26.0 Å². The summed E-state index contributed by atoms with van der Waals surface area (Å²) < 4.78 is 10.8. The Kier molecular flexibility index (Phi) is 19.0. The van der Waals surface area contributed by atoms with Crippen LogP contribution in [0.3, 0.4) is 0 Å². The molecule has 2 aliphatic heterocycles. The minimum atomic E-state index is -1.34. The van der Waals surface area contributed by atoms with Gasteiger partial charge >= 0.3 is 11.9 Å². The van der Waals surface area contributed by atoms with Crippen LogP contribution in [0.4, 0.5) is 0 Å². The number of aryl methyl sites for hydroxylation is 2. The van der Waals surface area contributed by atoms with E-state index in [1.807, 2.05) is 39.0 Å². The molecule has 1 aromatic heterocycles. The molecule has 6 atom stereocenters. The van der Waals surface area contributed by atoms with Gasteiger partial charge in [0.15, 0.2) is 5.78 Å². The first kappa shape index (κ1) is 55.3. The second kappa shape index (κ2) is 24.4. The third-order valence-electron chi connectivity index (χ3n) is 13.7. The van der Waals surface area contributed by atoms with Crippen molar-refractivity contribution in [2.45, 2.75) is 155 Å². The number of hydrogen-bond donors (Lipinski definition) is 5. The molecule has 3 heterocycles. The number of amides is 6. The Labute approximate surface area is 415 Å². The number of methoxy groups -OCH3 is 1. The van der Waals surface area contributed by atoms with E-state index in [0.717, 1.165) is 53.3 Å². The number of esters is 1. The number of rotatable bonds is 20. The quantitative estimate of drug-likeness (QED) is 0.0939. The molecule has 0 bridgehead atoms. The highest BCUT2D eigenvalue weighted by Crippen LogP contribution is 2.35. The maximum absolute atomic E-state index is 14.9. The first-order valence-electron chi connectivity index (χ1n) is 24.5. The van der Waals surface area contributed by atoms with E-state index in [-0.39, 0.29) is 55.4 Å². The number of carbonyl (C=O) groups excluding carboxylic acids is 8. The molecule has 6 amide bonds. The van der Waals surface area contributed by atoms with E-state index in [9.17, 15) is 48.3 Å². The molecule has 1 aromatic carbocycles. The molecular weight excluding hydrogens is 915 g/mol. The molecule has 1 saturated carbocycles. The second-order valence-electron chi connectivity index (χ2n) is 20.3. The van der Waals surface area contributed by atoms with Gasteiger partial charge in [-0.2, -0.15) is 0 Å². The molecule has 1 aliphatic carbocycles. The highest BCUT2D eigenvalue weighted by atomic mass is 16.5. The van der Waals surface area contributed by atoms with Crippen LogP contribution in [0, 0.1) is 25.2 Å². The summed E-state index contributed by atoms with van der Waals surface area (Å²) in [7, 11) is 1.20. The fraction of sp³-hybridized carbons (Fsp3) is 0.577. The summed E-state index contributed by atoms with van der Waals surface area (Å²) in [4.78, 5) is 129. The van der Waals surface area contributed by atoms with E-state index in [0.29, 0.717) is 25.7 Å². The molecule has 2 aromatic rings. The molecular formula is C52H71N7O12. The monoisotopic (exact) mass is 986 g/mol. The van der Waals surface area contributed by atoms with Crippen molar-refractivity contribution in [2.75, 3.05) is 26.8 Å². The zero-order chi connectivity index (χ0) is 52.2. The van der Waals surface area contributed by atoms with E-state index in [1.165, 1.54) is 25.4 Å². The van der Waals surface area contributed by atoms with Gasteiger partial charge < -0.3 is 45.6 Å². The Balaban J connectivity index is 1.34. The maximum atomic E-state index is 14.9. The number of carbonyl (C=O) groups is 9. The lowest BCUT2D eigenvalue weighted by Crippen LogP contribution is -2.64. The van der Waals surface area contributed by atoms with Crippen LogP contribution in [0.1, 0.15) is 126 Å². The Bertz CT molecular complexity index is 2340. The third kappa shape index (κ3) is 14.2. The van der Waals surface area contributed by atoms with Gasteiger partial charge in [0.1, 0.15) is 42.1 Å². The number of carboxylic acids is 1. The van der Waals surface area contributed by atoms with Crippen molar-refractivity contribution in [1.82, 2.24) is 36.1 Å².